The second-order valence-corrected chi connectivity index (χ2v) is 16.1. The summed E-state index contributed by atoms with van der Waals surface area (Å²) >= 11 is 1.85. The molecule has 0 saturated carbocycles. The van der Waals surface area contributed by atoms with Crippen molar-refractivity contribution < 1.29 is 4.42 Å². The predicted molar refractivity (Wildman–Crippen MR) is 237 cm³/mol. The average Bonchev–Trinajstić information content (AvgIpc) is 3.96. The van der Waals surface area contributed by atoms with Gasteiger partial charge >= 0.3 is 0 Å². The number of nitrogens with one attached hydrogen (secondary N) is 3. The fraction of sp³-hybridized carbons (Fsp3) is 0.0588. The van der Waals surface area contributed by atoms with Crippen LogP contribution < -0.4 is 16.0 Å². The lowest BCUT2D eigenvalue weighted by Gasteiger charge is -2.39. The van der Waals surface area contributed by atoms with Crippen LogP contribution in [-0.4, -0.2) is 4.57 Å². The van der Waals surface area contributed by atoms with E-state index >= 15 is 0 Å². The Bertz CT molecular complexity index is 3210. The number of hydrogen-bond donors (Lipinski definition) is 3. The van der Waals surface area contributed by atoms with E-state index in [1.165, 1.54) is 58.8 Å². The predicted octanol–water partition coefficient (Wildman–Crippen LogP) is 12.9. The second-order valence-electron chi connectivity index (χ2n) is 15.0. The monoisotopic (exact) mass is 752 g/mol. The van der Waals surface area contributed by atoms with Gasteiger partial charge in [0.15, 0.2) is 0 Å². The van der Waals surface area contributed by atoms with E-state index in [1.54, 1.807) is 0 Å². The lowest BCUT2D eigenvalue weighted by molar-refractivity contribution is 0.204. The minimum absolute atomic E-state index is 0.0609. The first-order chi connectivity index (χ1) is 28.2. The number of para-hydroxylation sites is 3. The van der Waals surface area contributed by atoms with Crippen LogP contribution in [0.25, 0.3) is 80.7 Å². The van der Waals surface area contributed by atoms with Gasteiger partial charge < -0.3 is 8.98 Å². The Balaban J connectivity index is 0.981. The third-order valence-electron chi connectivity index (χ3n) is 11.7. The number of nitrogens with zero attached hydrogens (tertiary/aromatic N) is 1. The van der Waals surface area contributed by atoms with Gasteiger partial charge in [0, 0.05) is 53.0 Å². The van der Waals surface area contributed by atoms with Crippen molar-refractivity contribution in [2.45, 2.75) is 18.5 Å². The molecule has 1 aliphatic heterocycles. The van der Waals surface area contributed by atoms with Crippen LogP contribution >= 0.6 is 11.3 Å². The van der Waals surface area contributed by atoms with Crippen LogP contribution in [0.3, 0.4) is 0 Å². The standard InChI is InChI=1S/C51H36N4OS/c1-3-13-31(14-4-1)49-52-50(32-15-5-2-6-16-32)54-51(53-49)39-21-12-24-44-47(39)38-20-11-19-35(48(38)56-44)33-25-27-45-40(29-33)41-30-34(26-28-46(41)57-45)55-42-22-9-7-17-36(42)37-18-8-10-23-43(37)55/h1-30,49-54H. The van der Waals surface area contributed by atoms with Crippen molar-refractivity contribution in [1.29, 1.82) is 0 Å². The van der Waals surface area contributed by atoms with E-state index in [0.717, 1.165) is 38.6 Å². The molecule has 3 N–H and O–H groups in total. The molecule has 1 aliphatic rings. The molecule has 2 unspecified atom stereocenters. The Kier molecular flexibility index (Phi) is 7.46. The van der Waals surface area contributed by atoms with E-state index in [4.69, 9.17) is 4.42 Å². The van der Waals surface area contributed by atoms with Gasteiger partial charge in [0.2, 0.25) is 0 Å². The van der Waals surface area contributed by atoms with Gasteiger partial charge in [-0.3, -0.25) is 16.0 Å². The maximum absolute atomic E-state index is 6.85. The molecule has 1 saturated heterocycles. The quantitative estimate of drug-likeness (QED) is 0.164. The van der Waals surface area contributed by atoms with Crippen molar-refractivity contribution in [1.82, 2.24) is 20.5 Å². The van der Waals surface area contributed by atoms with Gasteiger partial charge in [-0.1, -0.05) is 133 Å². The minimum Gasteiger partial charge on any atom is -0.455 e. The highest BCUT2D eigenvalue weighted by atomic mass is 32.1. The van der Waals surface area contributed by atoms with Crippen LogP contribution in [-0.2, 0) is 0 Å². The van der Waals surface area contributed by atoms with Crippen molar-refractivity contribution in [3.63, 3.8) is 0 Å². The summed E-state index contributed by atoms with van der Waals surface area (Å²) in [5, 5.41) is 18.9. The first kappa shape index (κ1) is 32.7. The zero-order valence-corrected chi connectivity index (χ0v) is 31.6. The molecule has 4 heterocycles. The molecule has 8 aromatic carbocycles. The Morgan fingerprint density at radius 2 is 1.04 bits per heavy atom. The van der Waals surface area contributed by atoms with Crippen LogP contribution in [0, 0.1) is 0 Å². The highest BCUT2D eigenvalue weighted by Crippen LogP contribution is 2.43. The molecule has 0 radical (unpaired) electrons. The normalized spacial score (nSPS) is 17.4. The molecule has 12 rings (SSSR count). The number of furan rings is 1. The topological polar surface area (TPSA) is 54.2 Å². The zero-order valence-electron chi connectivity index (χ0n) is 30.8. The van der Waals surface area contributed by atoms with Gasteiger partial charge in [0.1, 0.15) is 11.2 Å². The van der Waals surface area contributed by atoms with E-state index in [9.17, 15) is 0 Å². The van der Waals surface area contributed by atoms with Crippen LogP contribution in [0.1, 0.15) is 35.2 Å². The van der Waals surface area contributed by atoms with Crippen LogP contribution in [0.4, 0.5) is 0 Å². The maximum atomic E-state index is 6.85. The minimum atomic E-state index is -0.146. The molecule has 3 aromatic heterocycles. The van der Waals surface area contributed by atoms with Crippen LogP contribution in [0.15, 0.2) is 186 Å². The van der Waals surface area contributed by atoms with Gasteiger partial charge in [-0.05, 0) is 70.8 Å². The first-order valence-electron chi connectivity index (χ1n) is 19.5. The number of hydrogen-bond acceptors (Lipinski definition) is 5. The summed E-state index contributed by atoms with van der Waals surface area (Å²) in [6.07, 6.45) is -0.268. The van der Waals surface area contributed by atoms with Crippen LogP contribution in [0.2, 0.25) is 0 Å². The molecule has 0 aliphatic carbocycles. The van der Waals surface area contributed by atoms with E-state index < -0.39 is 0 Å². The molecule has 0 spiro atoms. The molecule has 0 bridgehead atoms. The third kappa shape index (κ3) is 5.27. The molecule has 1 fully saturated rings. The zero-order chi connectivity index (χ0) is 37.5. The molecule has 57 heavy (non-hydrogen) atoms. The Morgan fingerprint density at radius 1 is 0.456 bits per heavy atom. The molecule has 2 atom stereocenters. The molecule has 6 heteroatoms. The first-order valence-corrected chi connectivity index (χ1v) is 20.3. The molecule has 272 valence electrons. The number of fused-ring (bicyclic) bond motifs is 9. The van der Waals surface area contributed by atoms with E-state index in [2.05, 4.69) is 203 Å². The average molecular weight is 753 g/mol. The van der Waals surface area contributed by atoms with Gasteiger partial charge in [-0.25, -0.2) is 0 Å². The molecule has 5 nitrogen and oxygen atoms in total. The number of rotatable bonds is 5. The summed E-state index contributed by atoms with van der Waals surface area (Å²) in [5.41, 5.74) is 11.1. The van der Waals surface area contributed by atoms with Gasteiger partial charge in [0.05, 0.1) is 29.5 Å². The number of aromatic nitrogens is 1. The van der Waals surface area contributed by atoms with Crippen molar-refractivity contribution in [3.05, 3.63) is 199 Å². The highest BCUT2D eigenvalue weighted by molar-refractivity contribution is 7.25. The van der Waals surface area contributed by atoms with E-state index in [-0.39, 0.29) is 18.5 Å². The molecular weight excluding hydrogens is 717 g/mol. The van der Waals surface area contributed by atoms with Crippen LogP contribution in [0.5, 0.6) is 0 Å². The van der Waals surface area contributed by atoms with Crippen molar-refractivity contribution in [3.8, 4) is 16.8 Å². The Morgan fingerprint density at radius 3 is 1.74 bits per heavy atom. The van der Waals surface area contributed by atoms with Crippen molar-refractivity contribution >= 4 is 75.3 Å². The summed E-state index contributed by atoms with van der Waals surface area (Å²) in [7, 11) is 0. The van der Waals surface area contributed by atoms with Gasteiger partial charge in [-0.15, -0.1) is 11.3 Å². The molecular formula is C51H36N4OS. The largest absolute Gasteiger partial charge is 0.455 e. The number of benzene rings is 8. The fourth-order valence-electron chi connectivity index (χ4n) is 9.12. The third-order valence-corrected chi connectivity index (χ3v) is 12.9. The lowest BCUT2D eigenvalue weighted by atomic mass is 9.97. The molecule has 11 aromatic rings. The van der Waals surface area contributed by atoms with Crippen molar-refractivity contribution in [2.24, 2.45) is 0 Å². The smallest absolute Gasteiger partial charge is 0.143 e. The summed E-state index contributed by atoms with van der Waals surface area (Å²) in [4.78, 5) is 0. The lowest BCUT2D eigenvalue weighted by Crippen LogP contribution is -2.54. The second kappa shape index (κ2) is 13.0. The summed E-state index contributed by atoms with van der Waals surface area (Å²) in [6.45, 7) is 0. The maximum Gasteiger partial charge on any atom is 0.143 e. The van der Waals surface area contributed by atoms with E-state index in [0.29, 0.717) is 0 Å². The SMILES string of the molecule is c1ccc(C2NC(c3ccccc3)NC(c3cccc4oc5c(-c6ccc7sc8ccc(-n9c%10ccccc%10c%10ccccc%109)cc8c7c6)cccc5c34)N2)cc1. The van der Waals surface area contributed by atoms with Crippen molar-refractivity contribution in [2.75, 3.05) is 0 Å². The van der Waals surface area contributed by atoms with Gasteiger partial charge in [-0.2, -0.15) is 0 Å². The highest BCUT2D eigenvalue weighted by Gasteiger charge is 2.31. The molecule has 0 amide bonds. The fourth-order valence-corrected chi connectivity index (χ4v) is 10.2. The van der Waals surface area contributed by atoms with Gasteiger partial charge in [0.25, 0.3) is 0 Å². The summed E-state index contributed by atoms with van der Waals surface area (Å²) in [6, 6.07) is 65.4. The number of thiophene rings is 1. The Labute approximate surface area is 332 Å². The summed E-state index contributed by atoms with van der Waals surface area (Å²) < 4.78 is 11.8. The van der Waals surface area contributed by atoms with E-state index in [1.807, 2.05) is 11.3 Å². The summed E-state index contributed by atoms with van der Waals surface area (Å²) in [5.74, 6) is 0. The Hall–Kier alpha value is -6.54.